The number of halogens is 4. The van der Waals surface area contributed by atoms with Crippen molar-refractivity contribution in [2.75, 3.05) is 7.11 Å². The molecule has 100 valence electrons. The van der Waals surface area contributed by atoms with Gasteiger partial charge < -0.3 is 4.74 Å². The average Bonchev–Trinajstić information content (AvgIpc) is 2.41. The third-order valence-corrected chi connectivity index (χ3v) is 3.55. The summed E-state index contributed by atoms with van der Waals surface area (Å²) in [6.45, 7) is 0. The fourth-order valence-electron chi connectivity index (χ4n) is 1.79. The van der Waals surface area contributed by atoms with Crippen LogP contribution in [0.25, 0.3) is 11.1 Å². The Morgan fingerprint density at radius 2 is 1.84 bits per heavy atom. The molecule has 2 aromatic rings. The van der Waals surface area contributed by atoms with Crippen LogP contribution in [0.15, 0.2) is 36.4 Å². The lowest BCUT2D eigenvalue weighted by Gasteiger charge is -2.11. The highest BCUT2D eigenvalue weighted by Crippen LogP contribution is 2.37. The summed E-state index contributed by atoms with van der Waals surface area (Å²) < 4.78 is 30.5. The Hall–Kier alpha value is -1.32. The van der Waals surface area contributed by atoms with Crippen molar-refractivity contribution in [1.29, 1.82) is 0 Å². The largest absolute Gasteiger partial charge is 0.496 e. The molecule has 0 N–H and O–H groups in total. The fourth-order valence-corrected chi connectivity index (χ4v) is 2.20. The lowest BCUT2D eigenvalue weighted by atomic mass is 10.0. The summed E-state index contributed by atoms with van der Waals surface area (Å²) in [4.78, 5) is 0. The van der Waals surface area contributed by atoms with Crippen LogP contribution in [0.4, 0.5) is 8.78 Å². The van der Waals surface area contributed by atoms with Gasteiger partial charge in [0, 0.05) is 5.56 Å². The number of methoxy groups -OCH3 is 1. The summed E-state index contributed by atoms with van der Waals surface area (Å²) in [5.41, 5.74) is 1.20. The minimum Gasteiger partial charge on any atom is -0.496 e. The molecule has 0 aliphatic rings. The Labute approximate surface area is 119 Å². The quantitative estimate of drug-likeness (QED) is 0.716. The summed E-state index contributed by atoms with van der Waals surface area (Å²) >= 11 is 12.0. The van der Waals surface area contributed by atoms with E-state index in [2.05, 4.69) is 0 Å². The molecule has 19 heavy (non-hydrogen) atoms. The molecule has 0 saturated carbocycles. The van der Waals surface area contributed by atoms with Crippen molar-refractivity contribution in [1.82, 2.24) is 0 Å². The smallest absolute Gasteiger partial charge is 0.267 e. The van der Waals surface area contributed by atoms with Crippen molar-refractivity contribution >= 4 is 23.2 Å². The first kappa shape index (κ1) is 14.1. The summed E-state index contributed by atoms with van der Waals surface area (Å²) in [5, 5.41) is 0.798. The molecule has 1 nitrogen and oxygen atoms in total. The molecule has 0 spiro atoms. The second-order valence-electron chi connectivity index (χ2n) is 3.86. The van der Waals surface area contributed by atoms with E-state index in [1.54, 1.807) is 24.3 Å². The third-order valence-electron chi connectivity index (χ3n) is 2.73. The highest BCUT2D eigenvalue weighted by Gasteiger charge is 2.15. The Bertz CT molecular complexity index is 600. The highest BCUT2D eigenvalue weighted by molar-refractivity contribution is 6.43. The van der Waals surface area contributed by atoms with Crippen LogP contribution >= 0.6 is 23.2 Å². The van der Waals surface area contributed by atoms with E-state index in [0.29, 0.717) is 21.2 Å². The van der Waals surface area contributed by atoms with Gasteiger partial charge >= 0.3 is 0 Å². The molecule has 0 saturated heterocycles. The molecule has 0 unspecified atom stereocenters. The zero-order chi connectivity index (χ0) is 14.0. The molecule has 0 bridgehead atoms. The van der Waals surface area contributed by atoms with Gasteiger partial charge in [0.15, 0.2) is 0 Å². The predicted molar refractivity (Wildman–Crippen MR) is 73.4 cm³/mol. The van der Waals surface area contributed by atoms with Crippen LogP contribution in [0.2, 0.25) is 10.0 Å². The van der Waals surface area contributed by atoms with Crippen LogP contribution < -0.4 is 4.74 Å². The maximum atomic E-state index is 12.8. The number of benzene rings is 2. The van der Waals surface area contributed by atoms with Crippen LogP contribution in [-0.4, -0.2) is 7.11 Å². The van der Waals surface area contributed by atoms with Crippen molar-refractivity contribution in [2.45, 2.75) is 6.43 Å². The van der Waals surface area contributed by atoms with E-state index in [9.17, 15) is 8.78 Å². The monoisotopic (exact) mass is 302 g/mol. The molecule has 0 fully saturated rings. The summed E-state index contributed by atoms with van der Waals surface area (Å²) in [6, 6.07) is 9.61. The number of alkyl halides is 2. The molecule has 0 aliphatic carbocycles. The molecule has 0 aromatic heterocycles. The second kappa shape index (κ2) is 5.76. The number of hydrogen-bond donors (Lipinski definition) is 0. The molecular weight excluding hydrogens is 293 g/mol. The summed E-state index contributed by atoms with van der Waals surface area (Å²) in [5.74, 6) is 0.128. The Balaban J connectivity index is 2.55. The van der Waals surface area contributed by atoms with Crippen molar-refractivity contribution in [3.05, 3.63) is 52.0 Å². The van der Waals surface area contributed by atoms with Crippen molar-refractivity contribution < 1.29 is 13.5 Å². The predicted octanol–water partition coefficient (Wildman–Crippen LogP) is 5.61. The van der Waals surface area contributed by atoms with Gasteiger partial charge in [0.2, 0.25) is 0 Å². The lowest BCUT2D eigenvalue weighted by molar-refractivity contribution is 0.147. The normalized spacial score (nSPS) is 10.8. The minimum atomic E-state index is -2.58. The van der Waals surface area contributed by atoms with Crippen LogP contribution in [0.1, 0.15) is 12.0 Å². The van der Waals surface area contributed by atoms with Crippen molar-refractivity contribution in [2.24, 2.45) is 0 Å². The molecule has 0 radical (unpaired) electrons. The Kier molecular flexibility index (Phi) is 4.27. The molecule has 2 aromatic carbocycles. The van der Waals surface area contributed by atoms with Crippen LogP contribution in [-0.2, 0) is 0 Å². The van der Waals surface area contributed by atoms with Gasteiger partial charge in [0.1, 0.15) is 5.75 Å². The third kappa shape index (κ3) is 2.82. The molecular formula is C14H10Cl2F2O. The van der Waals surface area contributed by atoms with Crippen LogP contribution in [0.3, 0.4) is 0 Å². The first-order chi connectivity index (χ1) is 9.04. The maximum Gasteiger partial charge on any atom is 0.267 e. The van der Waals surface area contributed by atoms with Gasteiger partial charge in [-0.3, -0.25) is 0 Å². The van der Waals surface area contributed by atoms with Crippen molar-refractivity contribution in [3.8, 4) is 16.9 Å². The highest BCUT2D eigenvalue weighted by atomic mass is 35.5. The molecule has 2 rings (SSSR count). The van der Waals surface area contributed by atoms with E-state index >= 15 is 0 Å². The van der Waals surface area contributed by atoms with E-state index in [4.69, 9.17) is 27.9 Å². The van der Waals surface area contributed by atoms with Crippen molar-refractivity contribution in [3.63, 3.8) is 0 Å². The van der Waals surface area contributed by atoms with E-state index in [-0.39, 0.29) is 11.3 Å². The van der Waals surface area contributed by atoms with E-state index in [0.717, 1.165) is 0 Å². The van der Waals surface area contributed by atoms with E-state index in [1.807, 2.05) is 0 Å². The second-order valence-corrected chi connectivity index (χ2v) is 4.64. The molecule has 0 heterocycles. The van der Waals surface area contributed by atoms with Gasteiger partial charge in [-0.15, -0.1) is 0 Å². The molecule has 0 atom stereocenters. The van der Waals surface area contributed by atoms with Gasteiger partial charge in [-0.2, -0.15) is 0 Å². The SMILES string of the molecule is COc1cc(-c2cccc(Cl)c2Cl)ccc1C(F)F. The Morgan fingerprint density at radius 1 is 1.11 bits per heavy atom. The van der Waals surface area contributed by atoms with Gasteiger partial charge in [-0.25, -0.2) is 8.78 Å². The number of hydrogen-bond acceptors (Lipinski definition) is 1. The van der Waals surface area contributed by atoms with Gasteiger partial charge in [0.25, 0.3) is 6.43 Å². The van der Waals surface area contributed by atoms with E-state index in [1.165, 1.54) is 19.2 Å². The van der Waals surface area contributed by atoms with Crippen LogP contribution in [0.5, 0.6) is 5.75 Å². The van der Waals surface area contributed by atoms with Gasteiger partial charge in [-0.05, 0) is 23.8 Å². The minimum absolute atomic E-state index is 0.128. The zero-order valence-electron chi connectivity index (χ0n) is 9.96. The molecule has 5 heteroatoms. The molecule has 0 amide bonds. The van der Waals surface area contributed by atoms with Gasteiger partial charge in [0.05, 0.1) is 22.7 Å². The van der Waals surface area contributed by atoms with E-state index < -0.39 is 6.43 Å². The lowest BCUT2D eigenvalue weighted by Crippen LogP contribution is -1.93. The molecule has 0 aliphatic heterocycles. The fraction of sp³-hybridized carbons (Fsp3) is 0.143. The van der Waals surface area contributed by atoms with Crippen LogP contribution in [0, 0.1) is 0 Å². The first-order valence-electron chi connectivity index (χ1n) is 5.45. The first-order valence-corrected chi connectivity index (χ1v) is 6.20. The standard InChI is InChI=1S/C14H10Cl2F2O/c1-19-12-7-8(5-6-10(12)14(17)18)9-3-2-4-11(15)13(9)16/h2-7,14H,1H3. The van der Waals surface area contributed by atoms with Gasteiger partial charge in [-0.1, -0.05) is 41.4 Å². The summed E-state index contributed by atoms with van der Waals surface area (Å²) in [7, 11) is 1.35. The maximum absolute atomic E-state index is 12.8. The Morgan fingerprint density at radius 3 is 2.47 bits per heavy atom. The average molecular weight is 303 g/mol. The number of rotatable bonds is 3. The zero-order valence-corrected chi connectivity index (χ0v) is 11.5. The number of ether oxygens (including phenoxy) is 1. The topological polar surface area (TPSA) is 9.23 Å². The summed E-state index contributed by atoms with van der Waals surface area (Å²) in [6.07, 6.45) is -2.58.